The number of pyridine rings is 2. The minimum atomic E-state index is -3.83. The number of hydrogen-bond acceptors (Lipinski definition) is 16. The van der Waals surface area contributed by atoms with Crippen LogP contribution in [0.2, 0.25) is 13.3 Å². The van der Waals surface area contributed by atoms with Crippen molar-refractivity contribution in [3.63, 3.8) is 0 Å². The van der Waals surface area contributed by atoms with E-state index in [1.165, 1.54) is 93.2 Å². The molecule has 486 valence electrons. The zero-order valence-corrected chi connectivity index (χ0v) is 61.4. The minimum absolute atomic E-state index is 0.224. The van der Waals surface area contributed by atoms with Gasteiger partial charge in [-0.05, 0) is 146 Å². The number of ether oxygens (including phenoxy) is 4. The van der Waals surface area contributed by atoms with Gasteiger partial charge in [0.25, 0.3) is 25.2 Å². The summed E-state index contributed by atoms with van der Waals surface area (Å²) in [6, 6.07) is 22.6. The van der Waals surface area contributed by atoms with E-state index in [9.17, 15) is 16.8 Å². The third-order valence-corrected chi connectivity index (χ3v) is 40.3. The number of benzene rings is 2. The molecular weight excluding hydrogens is 1430 g/mol. The Balaban J connectivity index is 0.000000156. The molecule has 0 unspecified atom stereocenters. The number of aromatic nitrogens is 6. The van der Waals surface area contributed by atoms with Gasteiger partial charge >= 0.3 is 133 Å². The number of nitrogens with zero attached hydrogens (tertiary/aromatic N) is 8. The molecule has 0 bridgehead atoms. The maximum Gasteiger partial charge on any atom is 0.273 e. The molecule has 6 aromatic heterocycles. The minimum Gasteiger partial charge on any atom is -0.473 e. The normalized spacial score (nSPS) is 19.9. The quantitative estimate of drug-likeness (QED) is 0.0491. The topological polar surface area (TPSA) is 173 Å². The van der Waals surface area contributed by atoms with Gasteiger partial charge in [-0.15, -0.1) is 0 Å². The Kier molecular flexibility index (Phi) is 25.1. The first kappa shape index (κ1) is 68.8. The van der Waals surface area contributed by atoms with Crippen LogP contribution in [-0.2, 0) is 29.5 Å². The van der Waals surface area contributed by atoms with E-state index in [0.29, 0.717) is 46.1 Å². The van der Waals surface area contributed by atoms with Crippen molar-refractivity contribution in [1.29, 1.82) is 0 Å². The van der Waals surface area contributed by atoms with Gasteiger partial charge in [-0.25, -0.2) is 39.7 Å². The van der Waals surface area contributed by atoms with Crippen molar-refractivity contribution in [3.05, 3.63) is 123 Å². The van der Waals surface area contributed by atoms with Crippen molar-refractivity contribution < 1.29 is 35.8 Å². The molecule has 12 rings (SSSR count). The molecule has 2 saturated heterocycles. The second-order valence-corrected chi connectivity index (χ2v) is 44.0. The van der Waals surface area contributed by atoms with E-state index >= 15 is 0 Å². The summed E-state index contributed by atoms with van der Waals surface area (Å²) in [4.78, 5) is 24.5. The largest absolute Gasteiger partial charge is 0.473 e. The Hall–Kier alpha value is -4.05. The molecule has 90 heavy (non-hydrogen) atoms. The second kappa shape index (κ2) is 32.9. The fourth-order valence-corrected chi connectivity index (χ4v) is 35.7. The molecule has 0 amide bonds. The first-order valence-electron chi connectivity index (χ1n) is 32.7. The van der Waals surface area contributed by atoms with Gasteiger partial charge in [0.1, 0.15) is 0 Å². The van der Waals surface area contributed by atoms with Crippen LogP contribution >= 0.6 is 45.3 Å². The van der Waals surface area contributed by atoms with Gasteiger partial charge in [0.2, 0.25) is 0 Å². The molecule has 0 spiro atoms. The molecule has 2 saturated carbocycles. The van der Waals surface area contributed by atoms with Crippen LogP contribution in [0.1, 0.15) is 146 Å². The number of rotatable bonds is 21. The van der Waals surface area contributed by atoms with Gasteiger partial charge in [0.15, 0.2) is 11.3 Å². The Morgan fingerprint density at radius 3 is 1.50 bits per heavy atom. The van der Waals surface area contributed by atoms with Crippen molar-refractivity contribution in [2.75, 3.05) is 66.8 Å². The molecule has 4 fully saturated rings. The predicted molar refractivity (Wildman–Crippen MR) is 375 cm³/mol. The van der Waals surface area contributed by atoms with E-state index in [0.717, 1.165) is 135 Å². The molecule has 0 N–H and O–H groups in total. The number of thiazole rings is 2. The summed E-state index contributed by atoms with van der Waals surface area (Å²) >= 11 is 3.02. The Morgan fingerprint density at radius 2 is 1.03 bits per heavy atom. The molecule has 0 atom stereocenters. The molecule has 8 aromatic rings. The van der Waals surface area contributed by atoms with E-state index in [2.05, 4.69) is 80.6 Å². The van der Waals surface area contributed by atoms with Crippen LogP contribution in [0.15, 0.2) is 118 Å². The first-order valence-corrected chi connectivity index (χ1v) is 45.9. The number of unbranched alkanes of at least 4 members (excludes halogenated alkanes) is 3. The summed E-state index contributed by atoms with van der Waals surface area (Å²) in [7, 11) is -4.18. The van der Waals surface area contributed by atoms with Crippen LogP contribution < -0.4 is 13.2 Å². The summed E-state index contributed by atoms with van der Waals surface area (Å²) in [6.45, 7) is 14.7. The molecule has 22 heteroatoms. The third-order valence-electron chi connectivity index (χ3n) is 18.9. The maximum atomic E-state index is 13.6. The molecule has 2 aliphatic heterocycles. The van der Waals surface area contributed by atoms with Crippen molar-refractivity contribution in [2.24, 2.45) is 0 Å². The zero-order chi connectivity index (χ0) is 63.1. The van der Waals surface area contributed by atoms with Crippen molar-refractivity contribution in [2.45, 2.75) is 171 Å². The SMILES string of the molecule is CCC[CH2][Sn]([CH2]CCC)([CH2]CCC)[c]1csc(OC)n1.COc1nc(-c2cn(S(=O)(=O)c3ccccc3)c3ncc(C4CCC(N5CCCOCC5)CC4)cc23)cs1.O=S(=O)(c1ccccc1)n1cc(I)c2cc(C3CCC(N4CCCOCC4)CC3)cnc21. The molecule has 2 aromatic carbocycles. The van der Waals surface area contributed by atoms with Gasteiger partial charge in [-0.3, -0.25) is 9.80 Å². The average molecular weight is 1520 g/mol. The van der Waals surface area contributed by atoms with Crippen LogP contribution in [0.4, 0.5) is 0 Å². The second-order valence-electron chi connectivity index (χ2n) is 24.5. The summed E-state index contributed by atoms with van der Waals surface area (Å²) in [5.74, 6) is 0.884. The van der Waals surface area contributed by atoms with Gasteiger partial charge < -0.3 is 14.2 Å². The van der Waals surface area contributed by atoms with Gasteiger partial charge in [-0.2, -0.15) is 0 Å². The summed E-state index contributed by atoms with van der Waals surface area (Å²) < 4.78 is 85.0. The fourth-order valence-electron chi connectivity index (χ4n) is 13.8. The monoisotopic (exact) mass is 1520 g/mol. The van der Waals surface area contributed by atoms with Crippen LogP contribution in [0, 0.1) is 3.57 Å². The smallest absolute Gasteiger partial charge is 0.273 e. The Morgan fingerprint density at radius 1 is 0.578 bits per heavy atom. The van der Waals surface area contributed by atoms with E-state index in [1.54, 1.807) is 92.5 Å². The predicted octanol–water partition coefficient (Wildman–Crippen LogP) is 15.0. The Labute approximate surface area is 560 Å². The summed E-state index contributed by atoms with van der Waals surface area (Å²) in [5, 5.41) is 7.33. The standard InChI is InChI=1S/C28H32N4O4S2.C24H28IN3O3S.C4H4NOS.3C4H9.Sn/c1-35-28-30-26(19-37-28)25-18-32(38(33,34)23-6-3-2-4-7-23)27-24(25)16-21(17-29-27)20-8-10-22(11-9-20)31-12-5-14-36-15-13-31;25-23-17-28(32(29,30)21-5-2-1-3-6-21)24-22(23)15-19(16-26-24)18-7-9-20(10-8-18)27-11-4-13-31-14-12-27;1-6-4-5-2-3-7-4;3*1-3-4-2;/h2-4,6-7,16-20,22H,5,8-15H2,1H3;1-3,5-6,15-18,20H,4,7-14H2;3H,1H3;3*1,3-4H2,2H3;. The number of halogens is 1. The van der Waals surface area contributed by atoms with Crippen LogP contribution in [-0.4, -0.2) is 152 Å². The first-order chi connectivity index (χ1) is 43.8. The van der Waals surface area contributed by atoms with Crippen LogP contribution in [0.25, 0.3) is 33.3 Å². The fraction of sp³-hybridized carbons (Fsp3) is 0.529. The van der Waals surface area contributed by atoms with Crippen LogP contribution in [0.5, 0.6) is 10.4 Å². The number of methoxy groups -OCH3 is 2. The number of hydrogen-bond donors (Lipinski definition) is 0. The van der Waals surface area contributed by atoms with Crippen molar-refractivity contribution in [3.8, 4) is 21.6 Å². The molecule has 2 aliphatic carbocycles. The van der Waals surface area contributed by atoms with Gasteiger partial charge in [-0.1, -0.05) is 47.7 Å². The van der Waals surface area contributed by atoms with Crippen LogP contribution in [0.3, 0.4) is 0 Å². The molecule has 8 heterocycles. The van der Waals surface area contributed by atoms with Gasteiger partial charge in [0, 0.05) is 102 Å². The summed E-state index contributed by atoms with van der Waals surface area (Å²) in [5.41, 5.74) is 4.73. The third kappa shape index (κ3) is 16.5. The molecule has 0 radical (unpaired) electrons. The maximum absolute atomic E-state index is 13.6. The molecular formula is C68H91IN8O8S4Sn. The Bertz CT molecular complexity index is 3740. The van der Waals surface area contributed by atoms with Crippen molar-refractivity contribution in [1.82, 2.24) is 37.7 Å². The average Bonchev–Trinajstić information content (AvgIpc) is 2.00. The van der Waals surface area contributed by atoms with Crippen molar-refractivity contribution >= 4 is 109 Å². The number of fused-ring (bicyclic) bond motifs is 2. The summed E-state index contributed by atoms with van der Waals surface area (Å²) in [6.07, 6.45) is 26.6. The van der Waals surface area contributed by atoms with E-state index in [-0.39, 0.29) is 9.79 Å². The van der Waals surface area contributed by atoms with E-state index < -0.39 is 38.4 Å². The molecule has 16 nitrogen and oxygen atoms in total. The molecule has 4 aliphatic rings. The van der Waals surface area contributed by atoms with E-state index in [1.807, 2.05) is 23.8 Å². The zero-order valence-electron chi connectivity index (χ0n) is 53.1. The van der Waals surface area contributed by atoms with Gasteiger partial charge in [0.05, 0.1) is 35.8 Å². The van der Waals surface area contributed by atoms with E-state index in [4.69, 9.17) is 28.9 Å².